The Bertz CT molecular complexity index is 590. The standard InChI is InChI=1S/C17H23N5/c1-2-13-8-10-15(11-9-13)19-16-12-18-22-17(21-16)20-14-6-4-3-5-7-14/h8-12,14H,2-7H2,1H3,(H2,19,20,21,22). The predicted molar refractivity (Wildman–Crippen MR) is 89.4 cm³/mol. The molecule has 0 saturated heterocycles. The third-order valence-corrected chi connectivity index (χ3v) is 4.13. The van der Waals surface area contributed by atoms with Gasteiger partial charge < -0.3 is 10.6 Å². The zero-order chi connectivity index (χ0) is 15.2. The van der Waals surface area contributed by atoms with Gasteiger partial charge in [0.2, 0.25) is 5.95 Å². The van der Waals surface area contributed by atoms with E-state index in [9.17, 15) is 0 Å². The van der Waals surface area contributed by atoms with Gasteiger partial charge >= 0.3 is 0 Å². The smallest absolute Gasteiger partial charge is 0.244 e. The SMILES string of the molecule is CCc1ccc(Nc2cnnc(NC3CCCCC3)n2)cc1. The van der Waals surface area contributed by atoms with Crippen LogP contribution in [-0.4, -0.2) is 21.2 Å². The quantitative estimate of drug-likeness (QED) is 0.875. The van der Waals surface area contributed by atoms with Crippen molar-refractivity contribution in [3.05, 3.63) is 36.0 Å². The zero-order valence-corrected chi connectivity index (χ0v) is 13.0. The zero-order valence-electron chi connectivity index (χ0n) is 13.0. The van der Waals surface area contributed by atoms with E-state index in [-0.39, 0.29) is 0 Å². The molecule has 22 heavy (non-hydrogen) atoms. The summed E-state index contributed by atoms with van der Waals surface area (Å²) in [5.41, 5.74) is 2.34. The number of aromatic nitrogens is 3. The van der Waals surface area contributed by atoms with Crippen molar-refractivity contribution in [3.8, 4) is 0 Å². The molecule has 0 spiro atoms. The number of nitrogens with zero attached hydrogens (tertiary/aromatic N) is 3. The van der Waals surface area contributed by atoms with Crippen molar-refractivity contribution in [2.24, 2.45) is 0 Å². The molecule has 0 bridgehead atoms. The molecule has 0 amide bonds. The van der Waals surface area contributed by atoms with Gasteiger partial charge in [-0.3, -0.25) is 0 Å². The molecular formula is C17H23N5. The molecule has 2 aromatic rings. The van der Waals surface area contributed by atoms with Crippen LogP contribution in [0.4, 0.5) is 17.5 Å². The summed E-state index contributed by atoms with van der Waals surface area (Å²) in [6.07, 6.45) is 9.00. The second-order valence-electron chi connectivity index (χ2n) is 5.82. The van der Waals surface area contributed by atoms with Crippen LogP contribution in [0.2, 0.25) is 0 Å². The topological polar surface area (TPSA) is 62.7 Å². The first-order valence-corrected chi connectivity index (χ1v) is 8.15. The fourth-order valence-electron chi connectivity index (χ4n) is 2.83. The summed E-state index contributed by atoms with van der Waals surface area (Å²) in [7, 11) is 0. The van der Waals surface area contributed by atoms with E-state index < -0.39 is 0 Å². The lowest BCUT2D eigenvalue weighted by atomic mass is 9.96. The molecule has 0 unspecified atom stereocenters. The Balaban J connectivity index is 1.64. The minimum atomic E-state index is 0.481. The molecule has 1 aliphatic rings. The molecular weight excluding hydrogens is 274 g/mol. The minimum Gasteiger partial charge on any atom is -0.350 e. The Morgan fingerprint density at radius 2 is 1.86 bits per heavy atom. The first kappa shape index (κ1) is 14.8. The molecule has 5 heteroatoms. The number of rotatable bonds is 5. The summed E-state index contributed by atoms with van der Waals surface area (Å²) in [6.45, 7) is 2.15. The summed E-state index contributed by atoms with van der Waals surface area (Å²) in [6, 6.07) is 8.86. The average Bonchev–Trinajstić information content (AvgIpc) is 2.57. The third kappa shape index (κ3) is 3.93. The van der Waals surface area contributed by atoms with Crippen LogP contribution in [0.1, 0.15) is 44.6 Å². The van der Waals surface area contributed by atoms with Crippen molar-refractivity contribution in [3.63, 3.8) is 0 Å². The van der Waals surface area contributed by atoms with E-state index in [0.717, 1.165) is 17.9 Å². The van der Waals surface area contributed by atoms with Gasteiger partial charge in [0, 0.05) is 11.7 Å². The van der Waals surface area contributed by atoms with Gasteiger partial charge in [-0.05, 0) is 37.0 Å². The first-order chi connectivity index (χ1) is 10.8. The molecule has 1 saturated carbocycles. The highest BCUT2D eigenvalue weighted by molar-refractivity contribution is 5.56. The van der Waals surface area contributed by atoms with Crippen LogP contribution in [0.3, 0.4) is 0 Å². The number of hydrogen-bond donors (Lipinski definition) is 2. The summed E-state index contributed by atoms with van der Waals surface area (Å²) >= 11 is 0. The lowest BCUT2D eigenvalue weighted by Crippen LogP contribution is -2.23. The Hall–Kier alpha value is -2.17. The fraction of sp³-hybridized carbons (Fsp3) is 0.471. The largest absolute Gasteiger partial charge is 0.350 e. The fourth-order valence-corrected chi connectivity index (χ4v) is 2.83. The van der Waals surface area contributed by atoms with Gasteiger partial charge in [-0.25, -0.2) is 0 Å². The Kier molecular flexibility index (Phi) is 4.83. The molecule has 116 valence electrons. The van der Waals surface area contributed by atoms with Crippen molar-refractivity contribution < 1.29 is 0 Å². The van der Waals surface area contributed by atoms with Crippen molar-refractivity contribution in [2.75, 3.05) is 10.6 Å². The van der Waals surface area contributed by atoms with Crippen LogP contribution in [0.25, 0.3) is 0 Å². The van der Waals surface area contributed by atoms with E-state index in [1.807, 2.05) is 0 Å². The molecule has 1 aromatic carbocycles. The van der Waals surface area contributed by atoms with Crippen molar-refractivity contribution in [2.45, 2.75) is 51.5 Å². The minimum absolute atomic E-state index is 0.481. The highest BCUT2D eigenvalue weighted by Crippen LogP contribution is 2.21. The second kappa shape index (κ2) is 7.20. The van der Waals surface area contributed by atoms with Gasteiger partial charge in [-0.2, -0.15) is 10.1 Å². The van der Waals surface area contributed by atoms with E-state index >= 15 is 0 Å². The monoisotopic (exact) mass is 297 g/mol. The molecule has 2 N–H and O–H groups in total. The summed E-state index contributed by atoms with van der Waals surface area (Å²) < 4.78 is 0. The van der Waals surface area contributed by atoms with Crippen LogP contribution in [0.15, 0.2) is 30.5 Å². The van der Waals surface area contributed by atoms with Crippen LogP contribution < -0.4 is 10.6 Å². The van der Waals surface area contributed by atoms with Crippen LogP contribution >= 0.6 is 0 Å². The first-order valence-electron chi connectivity index (χ1n) is 8.15. The van der Waals surface area contributed by atoms with E-state index in [1.165, 1.54) is 37.7 Å². The number of benzene rings is 1. The highest BCUT2D eigenvalue weighted by Gasteiger charge is 2.14. The van der Waals surface area contributed by atoms with E-state index in [2.05, 4.69) is 57.0 Å². The number of hydrogen-bond acceptors (Lipinski definition) is 5. The Morgan fingerprint density at radius 1 is 1.09 bits per heavy atom. The predicted octanol–water partition coefficient (Wildman–Crippen LogP) is 3.92. The maximum atomic E-state index is 4.51. The molecule has 0 atom stereocenters. The highest BCUT2D eigenvalue weighted by atomic mass is 15.3. The number of anilines is 3. The Morgan fingerprint density at radius 3 is 2.59 bits per heavy atom. The molecule has 1 aliphatic carbocycles. The van der Waals surface area contributed by atoms with Crippen molar-refractivity contribution in [1.82, 2.24) is 15.2 Å². The van der Waals surface area contributed by atoms with Gasteiger partial charge in [0.15, 0.2) is 5.82 Å². The lowest BCUT2D eigenvalue weighted by molar-refractivity contribution is 0.460. The third-order valence-electron chi connectivity index (χ3n) is 4.13. The van der Waals surface area contributed by atoms with Crippen LogP contribution in [0, 0.1) is 0 Å². The number of nitrogens with one attached hydrogen (secondary N) is 2. The van der Waals surface area contributed by atoms with Gasteiger partial charge in [-0.15, -0.1) is 5.10 Å². The maximum Gasteiger partial charge on any atom is 0.244 e. The maximum absolute atomic E-state index is 4.51. The van der Waals surface area contributed by atoms with Gasteiger partial charge in [-0.1, -0.05) is 38.3 Å². The molecule has 5 nitrogen and oxygen atoms in total. The Labute approximate surface area is 131 Å². The van der Waals surface area contributed by atoms with Crippen LogP contribution in [-0.2, 0) is 6.42 Å². The van der Waals surface area contributed by atoms with Crippen molar-refractivity contribution in [1.29, 1.82) is 0 Å². The number of aryl methyl sites for hydroxylation is 1. The molecule has 1 heterocycles. The lowest BCUT2D eigenvalue weighted by Gasteiger charge is -2.22. The van der Waals surface area contributed by atoms with E-state index in [1.54, 1.807) is 6.20 Å². The molecule has 0 aliphatic heterocycles. The summed E-state index contributed by atoms with van der Waals surface area (Å²) in [4.78, 5) is 4.51. The van der Waals surface area contributed by atoms with Gasteiger partial charge in [0.25, 0.3) is 0 Å². The summed E-state index contributed by atoms with van der Waals surface area (Å²) in [5.74, 6) is 1.33. The molecule has 1 fully saturated rings. The molecule has 3 rings (SSSR count). The molecule has 0 radical (unpaired) electrons. The average molecular weight is 297 g/mol. The van der Waals surface area contributed by atoms with E-state index in [4.69, 9.17) is 0 Å². The second-order valence-corrected chi connectivity index (χ2v) is 5.82. The van der Waals surface area contributed by atoms with Crippen LogP contribution in [0.5, 0.6) is 0 Å². The normalized spacial score (nSPS) is 15.5. The van der Waals surface area contributed by atoms with Crippen molar-refractivity contribution >= 4 is 17.5 Å². The van der Waals surface area contributed by atoms with Gasteiger partial charge in [0.05, 0.1) is 6.20 Å². The van der Waals surface area contributed by atoms with E-state index in [0.29, 0.717) is 12.0 Å². The van der Waals surface area contributed by atoms with Gasteiger partial charge in [0.1, 0.15) is 0 Å². The summed E-state index contributed by atoms with van der Waals surface area (Å²) in [5, 5.41) is 14.8. The molecule has 1 aromatic heterocycles.